The molecule has 0 spiro atoms. The predicted octanol–water partition coefficient (Wildman–Crippen LogP) is 2.10. The van der Waals surface area contributed by atoms with Gasteiger partial charge in [0.05, 0.1) is 0 Å². The second-order valence-corrected chi connectivity index (χ2v) is 4.27. The molecular weight excluding hydrogens is 162 g/mol. The molecule has 2 nitrogen and oxygen atoms in total. The fraction of sp³-hybridized carbons (Fsp3) is 1.00. The van der Waals surface area contributed by atoms with Crippen LogP contribution >= 0.6 is 0 Å². The zero-order valence-corrected chi connectivity index (χ0v) is 9.05. The van der Waals surface area contributed by atoms with E-state index in [-0.39, 0.29) is 5.72 Å². The minimum atomic E-state index is 0.155. The van der Waals surface area contributed by atoms with Crippen molar-refractivity contribution in [3.63, 3.8) is 0 Å². The highest BCUT2D eigenvalue weighted by Crippen LogP contribution is 2.63. The van der Waals surface area contributed by atoms with E-state index < -0.39 is 0 Å². The SMILES string of the molecule is CCN(CC)C1(OC)C2CCCC21. The largest absolute Gasteiger partial charge is 0.363 e. The lowest BCUT2D eigenvalue weighted by Crippen LogP contribution is -2.42. The molecule has 2 aliphatic carbocycles. The van der Waals surface area contributed by atoms with Crippen LogP contribution in [0.15, 0.2) is 0 Å². The first-order valence-corrected chi connectivity index (χ1v) is 5.61. The molecule has 0 amide bonds. The average Bonchev–Trinajstić information content (AvgIpc) is 2.58. The highest BCUT2D eigenvalue weighted by Gasteiger charge is 2.69. The van der Waals surface area contributed by atoms with Crippen molar-refractivity contribution in [2.75, 3.05) is 20.2 Å². The fourth-order valence-electron chi connectivity index (χ4n) is 3.48. The summed E-state index contributed by atoms with van der Waals surface area (Å²) in [6.45, 7) is 6.71. The molecule has 0 N–H and O–H groups in total. The maximum absolute atomic E-state index is 5.79. The first-order chi connectivity index (χ1) is 6.31. The van der Waals surface area contributed by atoms with Crippen molar-refractivity contribution in [2.45, 2.75) is 38.8 Å². The minimum Gasteiger partial charge on any atom is -0.363 e. The molecule has 0 aromatic rings. The van der Waals surface area contributed by atoms with Gasteiger partial charge in [0.25, 0.3) is 0 Å². The van der Waals surface area contributed by atoms with E-state index in [1.807, 2.05) is 7.11 Å². The van der Waals surface area contributed by atoms with E-state index in [9.17, 15) is 0 Å². The third-order valence-corrected chi connectivity index (χ3v) is 4.05. The van der Waals surface area contributed by atoms with Crippen LogP contribution in [-0.4, -0.2) is 30.8 Å². The standard InChI is InChI=1S/C11H21NO/c1-4-12(5-2)11(13-3)9-7-6-8-10(9)11/h9-10H,4-8H2,1-3H3. The Morgan fingerprint density at radius 3 is 2.15 bits per heavy atom. The summed E-state index contributed by atoms with van der Waals surface area (Å²) in [7, 11) is 1.89. The van der Waals surface area contributed by atoms with Crippen LogP contribution in [0.1, 0.15) is 33.1 Å². The second-order valence-electron chi connectivity index (χ2n) is 4.27. The molecule has 2 saturated carbocycles. The molecule has 0 aromatic heterocycles. The zero-order valence-electron chi connectivity index (χ0n) is 9.05. The van der Waals surface area contributed by atoms with E-state index >= 15 is 0 Å². The van der Waals surface area contributed by atoms with Gasteiger partial charge < -0.3 is 4.74 Å². The summed E-state index contributed by atoms with van der Waals surface area (Å²) in [5.74, 6) is 1.69. The normalized spacial score (nSPS) is 42.5. The van der Waals surface area contributed by atoms with Gasteiger partial charge in [-0.15, -0.1) is 0 Å². The monoisotopic (exact) mass is 183 g/mol. The molecule has 76 valence electrons. The molecule has 13 heavy (non-hydrogen) atoms. The van der Waals surface area contributed by atoms with Crippen LogP contribution in [0.25, 0.3) is 0 Å². The van der Waals surface area contributed by atoms with Crippen molar-refractivity contribution in [2.24, 2.45) is 11.8 Å². The van der Waals surface area contributed by atoms with Crippen molar-refractivity contribution in [3.05, 3.63) is 0 Å². The molecule has 2 atom stereocenters. The molecule has 2 heteroatoms. The highest BCUT2D eigenvalue weighted by molar-refractivity contribution is 5.15. The molecule has 0 heterocycles. The van der Waals surface area contributed by atoms with E-state index in [0.29, 0.717) is 0 Å². The molecule has 2 rings (SSSR count). The first kappa shape index (κ1) is 9.47. The number of methoxy groups -OCH3 is 1. The third kappa shape index (κ3) is 1.08. The number of ether oxygens (including phenoxy) is 1. The summed E-state index contributed by atoms with van der Waals surface area (Å²) in [4.78, 5) is 2.50. The van der Waals surface area contributed by atoms with E-state index in [1.165, 1.54) is 19.3 Å². The van der Waals surface area contributed by atoms with Gasteiger partial charge in [0.15, 0.2) is 0 Å². The molecule has 2 aliphatic rings. The van der Waals surface area contributed by atoms with E-state index in [1.54, 1.807) is 0 Å². The summed E-state index contributed by atoms with van der Waals surface area (Å²) in [5.41, 5.74) is 0.155. The topological polar surface area (TPSA) is 12.5 Å². The number of hydrogen-bond acceptors (Lipinski definition) is 2. The quantitative estimate of drug-likeness (QED) is 0.619. The van der Waals surface area contributed by atoms with Gasteiger partial charge in [-0.1, -0.05) is 20.3 Å². The lowest BCUT2D eigenvalue weighted by Gasteiger charge is -2.32. The molecule has 2 fully saturated rings. The number of nitrogens with zero attached hydrogens (tertiary/aromatic N) is 1. The average molecular weight is 183 g/mol. The summed E-state index contributed by atoms with van der Waals surface area (Å²) >= 11 is 0. The lowest BCUT2D eigenvalue weighted by atomic mass is 10.1. The van der Waals surface area contributed by atoms with Gasteiger partial charge in [0.1, 0.15) is 5.72 Å². The Labute approximate surface area is 81.3 Å². The Morgan fingerprint density at radius 2 is 1.77 bits per heavy atom. The molecule has 0 aromatic carbocycles. The highest BCUT2D eigenvalue weighted by atomic mass is 16.5. The minimum absolute atomic E-state index is 0.155. The Morgan fingerprint density at radius 1 is 1.23 bits per heavy atom. The van der Waals surface area contributed by atoms with Crippen LogP contribution in [0.3, 0.4) is 0 Å². The molecule has 0 bridgehead atoms. The first-order valence-electron chi connectivity index (χ1n) is 5.61. The summed E-state index contributed by atoms with van der Waals surface area (Å²) < 4.78 is 5.79. The number of fused-ring (bicyclic) bond motifs is 1. The molecule has 0 radical (unpaired) electrons. The Balaban J connectivity index is 2.09. The molecule has 0 saturated heterocycles. The smallest absolute Gasteiger partial charge is 0.127 e. The van der Waals surface area contributed by atoms with Crippen molar-refractivity contribution >= 4 is 0 Å². The van der Waals surface area contributed by atoms with Crippen molar-refractivity contribution in [3.8, 4) is 0 Å². The lowest BCUT2D eigenvalue weighted by molar-refractivity contribution is -0.0799. The molecule has 0 aliphatic heterocycles. The summed E-state index contributed by atoms with van der Waals surface area (Å²) in [5, 5.41) is 0. The van der Waals surface area contributed by atoms with E-state index in [0.717, 1.165) is 24.9 Å². The van der Waals surface area contributed by atoms with Gasteiger partial charge in [-0.3, -0.25) is 4.90 Å². The van der Waals surface area contributed by atoms with E-state index in [4.69, 9.17) is 4.74 Å². The van der Waals surface area contributed by atoms with Crippen molar-refractivity contribution in [1.82, 2.24) is 4.90 Å². The maximum Gasteiger partial charge on any atom is 0.127 e. The summed E-state index contributed by atoms with van der Waals surface area (Å²) in [6, 6.07) is 0. The molecular formula is C11H21NO. The Kier molecular flexibility index (Phi) is 2.37. The Hall–Kier alpha value is -0.0800. The number of hydrogen-bond donors (Lipinski definition) is 0. The second kappa shape index (κ2) is 3.25. The summed E-state index contributed by atoms with van der Waals surface area (Å²) in [6.07, 6.45) is 4.19. The predicted molar refractivity (Wildman–Crippen MR) is 53.5 cm³/mol. The van der Waals surface area contributed by atoms with Gasteiger partial charge in [-0.25, -0.2) is 0 Å². The number of rotatable bonds is 4. The van der Waals surface area contributed by atoms with Gasteiger partial charge in [0.2, 0.25) is 0 Å². The Bertz CT molecular complexity index is 179. The third-order valence-electron chi connectivity index (χ3n) is 4.05. The van der Waals surface area contributed by atoms with Crippen LogP contribution in [-0.2, 0) is 4.74 Å². The van der Waals surface area contributed by atoms with Crippen LogP contribution in [0.4, 0.5) is 0 Å². The van der Waals surface area contributed by atoms with Gasteiger partial charge in [-0.05, 0) is 25.9 Å². The fourth-order valence-corrected chi connectivity index (χ4v) is 3.48. The van der Waals surface area contributed by atoms with Gasteiger partial charge >= 0.3 is 0 Å². The van der Waals surface area contributed by atoms with Crippen molar-refractivity contribution < 1.29 is 4.74 Å². The van der Waals surface area contributed by atoms with E-state index in [2.05, 4.69) is 18.7 Å². The molecule has 2 unspecified atom stereocenters. The van der Waals surface area contributed by atoms with Crippen LogP contribution < -0.4 is 0 Å². The van der Waals surface area contributed by atoms with Crippen molar-refractivity contribution in [1.29, 1.82) is 0 Å². The van der Waals surface area contributed by atoms with Crippen LogP contribution in [0.5, 0.6) is 0 Å². The van der Waals surface area contributed by atoms with Crippen LogP contribution in [0, 0.1) is 11.8 Å². The maximum atomic E-state index is 5.79. The van der Waals surface area contributed by atoms with Gasteiger partial charge in [-0.2, -0.15) is 0 Å². The zero-order chi connectivity index (χ0) is 9.47. The van der Waals surface area contributed by atoms with Crippen LogP contribution in [0.2, 0.25) is 0 Å². The van der Waals surface area contributed by atoms with Gasteiger partial charge in [0, 0.05) is 18.9 Å².